The lowest BCUT2D eigenvalue weighted by atomic mass is 10.1. The Hall–Kier alpha value is -2.10. The first-order valence-electron chi connectivity index (χ1n) is 6.70. The van der Waals surface area contributed by atoms with E-state index in [-0.39, 0.29) is 18.0 Å². The lowest BCUT2D eigenvalue weighted by Crippen LogP contribution is -2.12. The van der Waals surface area contributed by atoms with E-state index < -0.39 is 0 Å². The van der Waals surface area contributed by atoms with Crippen LogP contribution in [-0.2, 0) is 0 Å². The number of anilines is 1. The highest BCUT2D eigenvalue weighted by atomic mass is 19.1. The Kier molecular flexibility index (Phi) is 4.56. The van der Waals surface area contributed by atoms with Crippen LogP contribution in [0.15, 0.2) is 42.6 Å². The summed E-state index contributed by atoms with van der Waals surface area (Å²) in [4.78, 5) is 4.30. The maximum absolute atomic E-state index is 12.9. The summed E-state index contributed by atoms with van der Waals surface area (Å²) < 4.78 is 18.6. The summed E-state index contributed by atoms with van der Waals surface area (Å²) in [5, 5.41) is 3.29. The van der Waals surface area contributed by atoms with E-state index in [0.29, 0.717) is 5.82 Å². The minimum absolute atomic E-state index is 0.0139. The second-order valence-electron chi connectivity index (χ2n) is 4.93. The second kappa shape index (κ2) is 6.37. The molecule has 0 saturated carbocycles. The smallest absolute Gasteiger partial charge is 0.169 e. The van der Waals surface area contributed by atoms with Gasteiger partial charge >= 0.3 is 0 Å². The van der Waals surface area contributed by atoms with Gasteiger partial charge < -0.3 is 10.1 Å². The zero-order chi connectivity index (χ0) is 14.5. The van der Waals surface area contributed by atoms with Crippen LogP contribution in [0.3, 0.4) is 0 Å². The third-order valence-corrected chi connectivity index (χ3v) is 2.86. The molecule has 2 rings (SSSR count). The van der Waals surface area contributed by atoms with Gasteiger partial charge in [0.2, 0.25) is 0 Å². The third kappa shape index (κ3) is 3.70. The van der Waals surface area contributed by atoms with Crippen molar-refractivity contribution < 1.29 is 9.13 Å². The van der Waals surface area contributed by atoms with Gasteiger partial charge in [-0.05, 0) is 50.6 Å². The van der Waals surface area contributed by atoms with Gasteiger partial charge in [-0.25, -0.2) is 9.37 Å². The van der Waals surface area contributed by atoms with Crippen molar-refractivity contribution in [3.63, 3.8) is 0 Å². The number of nitrogens with zero attached hydrogens (tertiary/aromatic N) is 1. The van der Waals surface area contributed by atoms with E-state index in [4.69, 9.17) is 4.74 Å². The highest BCUT2D eigenvalue weighted by molar-refractivity contribution is 5.51. The maximum Gasteiger partial charge on any atom is 0.169 e. The first kappa shape index (κ1) is 14.3. The minimum Gasteiger partial charge on any atom is -0.487 e. The number of pyridine rings is 1. The molecule has 1 aromatic heterocycles. The predicted molar refractivity (Wildman–Crippen MR) is 78.4 cm³/mol. The van der Waals surface area contributed by atoms with Gasteiger partial charge in [0, 0.05) is 6.20 Å². The van der Waals surface area contributed by atoms with Crippen molar-refractivity contribution in [2.45, 2.75) is 32.9 Å². The Morgan fingerprint density at radius 3 is 2.45 bits per heavy atom. The molecule has 1 aromatic carbocycles. The van der Waals surface area contributed by atoms with Crippen LogP contribution in [0.1, 0.15) is 32.4 Å². The zero-order valence-corrected chi connectivity index (χ0v) is 11.9. The lowest BCUT2D eigenvalue weighted by Gasteiger charge is -2.18. The summed E-state index contributed by atoms with van der Waals surface area (Å²) >= 11 is 0. The van der Waals surface area contributed by atoms with E-state index in [9.17, 15) is 4.39 Å². The van der Waals surface area contributed by atoms with Gasteiger partial charge in [0.05, 0.1) is 12.1 Å². The van der Waals surface area contributed by atoms with Crippen LogP contribution in [-0.4, -0.2) is 11.1 Å². The minimum atomic E-state index is -0.234. The molecule has 2 aromatic rings. The molecule has 0 aliphatic rings. The van der Waals surface area contributed by atoms with Gasteiger partial charge in [-0.2, -0.15) is 0 Å². The number of hydrogen-bond acceptors (Lipinski definition) is 3. The molecule has 0 saturated heterocycles. The van der Waals surface area contributed by atoms with E-state index >= 15 is 0 Å². The normalized spacial score (nSPS) is 12.2. The number of halogens is 1. The highest BCUT2D eigenvalue weighted by Crippen LogP contribution is 2.26. The fraction of sp³-hybridized carbons (Fsp3) is 0.312. The molecule has 4 heteroatoms. The van der Waals surface area contributed by atoms with Crippen molar-refractivity contribution in [2.75, 3.05) is 5.32 Å². The summed E-state index contributed by atoms with van der Waals surface area (Å²) in [7, 11) is 0. The Morgan fingerprint density at radius 1 is 1.10 bits per heavy atom. The molecule has 0 aliphatic carbocycles. The Labute approximate surface area is 118 Å². The zero-order valence-electron chi connectivity index (χ0n) is 11.9. The number of aromatic nitrogens is 1. The second-order valence-corrected chi connectivity index (χ2v) is 4.93. The summed E-state index contributed by atoms with van der Waals surface area (Å²) in [6.45, 7) is 5.95. The average molecular weight is 274 g/mol. The molecule has 1 N–H and O–H groups in total. The summed E-state index contributed by atoms with van der Waals surface area (Å²) in [5.41, 5.74) is 0.993. The Balaban J connectivity index is 2.15. The number of hydrogen-bond donors (Lipinski definition) is 1. The fourth-order valence-electron chi connectivity index (χ4n) is 1.89. The summed E-state index contributed by atoms with van der Waals surface area (Å²) in [6.07, 6.45) is 1.80. The molecule has 106 valence electrons. The molecule has 1 unspecified atom stereocenters. The lowest BCUT2D eigenvalue weighted by molar-refractivity contribution is 0.242. The molecule has 3 nitrogen and oxygen atoms in total. The van der Waals surface area contributed by atoms with Crippen molar-refractivity contribution in [3.05, 3.63) is 54.0 Å². The van der Waals surface area contributed by atoms with Crippen molar-refractivity contribution in [3.8, 4) is 5.75 Å². The Morgan fingerprint density at radius 2 is 1.80 bits per heavy atom. The van der Waals surface area contributed by atoms with Crippen LogP contribution < -0.4 is 10.1 Å². The molecule has 0 spiro atoms. The molecule has 0 aliphatic heterocycles. The molecule has 0 amide bonds. The van der Waals surface area contributed by atoms with Crippen molar-refractivity contribution in [2.24, 2.45) is 0 Å². The van der Waals surface area contributed by atoms with E-state index in [1.54, 1.807) is 18.3 Å². The molecule has 1 atom stereocenters. The third-order valence-electron chi connectivity index (χ3n) is 2.86. The maximum atomic E-state index is 12.9. The van der Waals surface area contributed by atoms with Gasteiger partial charge in [0.25, 0.3) is 0 Å². The van der Waals surface area contributed by atoms with Crippen LogP contribution in [0.5, 0.6) is 5.75 Å². The fourth-order valence-corrected chi connectivity index (χ4v) is 1.89. The van der Waals surface area contributed by atoms with Crippen molar-refractivity contribution in [1.82, 2.24) is 4.98 Å². The monoisotopic (exact) mass is 274 g/mol. The number of nitrogens with one attached hydrogen (secondary N) is 1. The van der Waals surface area contributed by atoms with Crippen LogP contribution >= 0.6 is 0 Å². The summed E-state index contributed by atoms with van der Waals surface area (Å²) in [5.74, 6) is 1.18. The molecular formula is C16H19FN2O. The number of benzene rings is 1. The predicted octanol–water partition coefficient (Wildman–Crippen LogP) is 4.18. The van der Waals surface area contributed by atoms with Crippen LogP contribution in [0.4, 0.5) is 10.2 Å². The van der Waals surface area contributed by atoms with Gasteiger partial charge in [-0.1, -0.05) is 12.1 Å². The first-order valence-corrected chi connectivity index (χ1v) is 6.70. The quantitative estimate of drug-likeness (QED) is 0.888. The topological polar surface area (TPSA) is 34.1 Å². The largest absolute Gasteiger partial charge is 0.487 e. The van der Waals surface area contributed by atoms with E-state index in [1.807, 2.05) is 32.9 Å². The van der Waals surface area contributed by atoms with E-state index in [0.717, 1.165) is 11.3 Å². The van der Waals surface area contributed by atoms with E-state index in [1.165, 1.54) is 12.1 Å². The van der Waals surface area contributed by atoms with Crippen LogP contribution in [0, 0.1) is 5.82 Å². The molecule has 0 radical (unpaired) electrons. The SMILES string of the molecule is CC(C)Oc1cccnc1NC(C)c1ccc(F)cc1. The van der Waals surface area contributed by atoms with Gasteiger partial charge in [0.1, 0.15) is 5.82 Å². The average Bonchev–Trinajstić information content (AvgIpc) is 2.41. The van der Waals surface area contributed by atoms with E-state index in [2.05, 4.69) is 10.3 Å². The van der Waals surface area contributed by atoms with Crippen molar-refractivity contribution >= 4 is 5.82 Å². The van der Waals surface area contributed by atoms with Crippen molar-refractivity contribution in [1.29, 1.82) is 0 Å². The van der Waals surface area contributed by atoms with Gasteiger partial charge in [0.15, 0.2) is 11.6 Å². The van der Waals surface area contributed by atoms with Crippen LogP contribution in [0.25, 0.3) is 0 Å². The molecule has 0 bridgehead atoms. The molecule has 20 heavy (non-hydrogen) atoms. The number of ether oxygens (including phenoxy) is 1. The molecular weight excluding hydrogens is 255 g/mol. The van der Waals surface area contributed by atoms with Crippen LogP contribution in [0.2, 0.25) is 0 Å². The standard InChI is InChI=1S/C16H19FN2O/c1-11(2)20-15-5-4-10-18-16(15)19-12(3)13-6-8-14(17)9-7-13/h4-12H,1-3H3,(H,18,19). The van der Waals surface area contributed by atoms with Gasteiger partial charge in [-0.3, -0.25) is 0 Å². The Bertz CT molecular complexity index is 555. The van der Waals surface area contributed by atoms with Gasteiger partial charge in [-0.15, -0.1) is 0 Å². The first-order chi connectivity index (χ1) is 9.56. The summed E-state index contributed by atoms with van der Waals surface area (Å²) in [6, 6.07) is 10.2. The number of rotatable bonds is 5. The highest BCUT2D eigenvalue weighted by Gasteiger charge is 2.11. The molecule has 1 heterocycles. The molecule has 0 fully saturated rings.